The monoisotopic (exact) mass is 362 g/mol. The van der Waals surface area contributed by atoms with E-state index in [4.69, 9.17) is 4.74 Å². The highest BCUT2D eigenvalue weighted by atomic mass is 19.3. The van der Waals surface area contributed by atoms with Crippen molar-refractivity contribution in [2.24, 2.45) is 5.41 Å². The SMILES string of the molecule is CCOC(=O)[C@]1(Cc2cccc(-c3ncccn3)c2)C[C@H](O)C(F)(F)C1. The molecule has 0 spiro atoms. The predicted molar refractivity (Wildman–Crippen MR) is 90.4 cm³/mol. The molecule has 26 heavy (non-hydrogen) atoms. The van der Waals surface area contributed by atoms with Crippen LogP contribution in [0.25, 0.3) is 11.4 Å². The Kier molecular flexibility index (Phi) is 5.00. The molecule has 0 amide bonds. The van der Waals surface area contributed by atoms with Gasteiger partial charge >= 0.3 is 5.97 Å². The van der Waals surface area contributed by atoms with Gasteiger partial charge in [-0.2, -0.15) is 0 Å². The lowest BCUT2D eigenvalue weighted by Crippen LogP contribution is -2.34. The Morgan fingerprint density at radius 3 is 2.65 bits per heavy atom. The Morgan fingerprint density at radius 2 is 2.04 bits per heavy atom. The second kappa shape index (κ2) is 7.07. The average Bonchev–Trinajstić information content (AvgIpc) is 2.86. The molecule has 1 aliphatic rings. The first-order valence-electron chi connectivity index (χ1n) is 8.46. The first-order valence-corrected chi connectivity index (χ1v) is 8.46. The highest BCUT2D eigenvalue weighted by molar-refractivity contribution is 5.78. The highest BCUT2D eigenvalue weighted by Gasteiger charge is 2.60. The van der Waals surface area contributed by atoms with E-state index in [1.54, 1.807) is 43.6 Å². The number of aliphatic hydroxyl groups excluding tert-OH is 1. The van der Waals surface area contributed by atoms with Gasteiger partial charge in [-0.15, -0.1) is 0 Å². The molecule has 2 aromatic rings. The average molecular weight is 362 g/mol. The number of aliphatic hydroxyl groups is 1. The number of aromatic nitrogens is 2. The van der Waals surface area contributed by atoms with E-state index in [2.05, 4.69) is 9.97 Å². The maximum atomic E-state index is 14.0. The summed E-state index contributed by atoms with van der Waals surface area (Å²) in [6, 6.07) is 8.82. The Labute approximate surface area is 150 Å². The minimum Gasteiger partial charge on any atom is -0.466 e. The third-order valence-electron chi connectivity index (χ3n) is 4.65. The molecule has 7 heteroatoms. The molecule has 1 saturated carbocycles. The van der Waals surface area contributed by atoms with Crippen molar-refractivity contribution in [3.63, 3.8) is 0 Å². The second-order valence-electron chi connectivity index (χ2n) is 6.61. The van der Waals surface area contributed by atoms with Crippen molar-refractivity contribution < 1.29 is 23.4 Å². The van der Waals surface area contributed by atoms with Crippen molar-refractivity contribution in [1.82, 2.24) is 9.97 Å². The molecule has 5 nitrogen and oxygen atoms in total. The van der Waals surface area contributed by atoms with E-state index in [9.17, 15) is 18.7 Å². The first-order chi connectivity index (χ1) is 12.4. The third kappa shape index (κ3) is 3.58. The summed E-state index contributed by atoms with van der Waals surface area (Å²) in [6.07, 6.45) is 0.370. The number of carbonyl (C=O) groups is 1. The lowest BCUT2D eigenvalue weighted by atomic mass is 9.79. The van der Waals surface area contributed by atoms with Crippen LogP contribution in [0, 0.1) is 5.41 Å². The van der Waals surface area contributed by atoms with Crippen LogP contribution in [0.15, 0.2) is 42.7 Å². The summed E-state index contributed by atoms with van der Waals surface area (Å²) in [5.41, 5.74) is -0.0323. The largest absolute Gasteiger partial charge is 0.466 e. The van der Waals surface area contributed by atoms with E-state index < -0.39 is 29.8 Å². The zero-order valence-electron chi connectivity index (χ0n) is 14.4. The zero-order chi connectivity index (χ0) is 18.8. The summed E-state index contributed by atoms with van der Waals surface area (Å²) in [5.74, 6) is -3.50. The molecule has 2 atom stereocenters. The third-order valence-corrected chi connectivity index (χ3v) is 4.65. The minimum absolute atomic E-state index is 0.0547. The molecule has 1 aromatic carbocycles. The molecule has 3 rings (SSSR count). The summed E-state index contributed by atoms with van der Waals surface area (Å²) in [4.78, 5) is 20.8. The standard InChI is InChI=1S/C19H20F2N2O3/c1-2-26-17(25)18(11-15(24)19(20,21)12-18)10-13-5-3-6-14(9-13)16-22-7-4-8-23-16/h3-9,15,24H,2,10-12H2,1H3/t15-,18+/m0/s1. The number of nitrogens with zero attached hydrogens (tertiary/aromatic N) is 2. The van der Waals surface area contributed by atoms with Crippen LogP contribution >= 0.6 is 0 Å². The zero-order valence-corrected chi connectivity index (χ0v) is 14.4. The van der Waals surface area contributed by atoms with Crippen molar-refractivity contribution >= 4 is 5.97 Å². The molecule has 1 heterocycles. The van der Waals surface area contributed by atoms with Gasteiger partial charge < -0.3 is 9.84 Å². The molecule has 0 aliphatic heterocycles. The van der Waals surface area contributed by atoms with Crippen LogP contribution in [-0.2, 0) is 16.0 Å². The molecule has 0 radical (unpaired) electrons. The Morgan fingerprint density at radius 1 is 1.31 bits per heavy atom. The fourth-order valence-corrected chi connectivity index (χ4v) is 3.47. The number of benzene rings is 1. The van der Waals surface area contributed by atoms with Crippen molar-refractivity contribution in [3.05, 3.63) is 48.3 Å². The number of hydrogen-bond acceptors (Lipinski definition) is 5. The number of alkyl halides is 2. The number of hydrogen-bond donors (Lipinski definition) is 1. The number of halogens is 2. The van der Waals surface area contributed by atoms with Crippen molar-refractivity contribution in [1.29, 1.82) is 0 Å². The van der Waals surface area contributed by atoms with Gasteiger partial charge in [0, 0.05) is 24.4 Å². The second-order valence-corrected chi connectivity index (χ2v) is 6.61. The fourth-order valence-electron chi connectivity index (χ4n) is 3.47. The number of esters is 1. The van der Waals surface area contributed by atoms with Gasteiger partial charge in [0.25, 0.3) is 5.92 Å². The van der Waals surface area contributed by atoms with Gasteiger partial charge in [0.1, 0.15) is 6.10 Å². The van der Waals surface area contributed by atoms with Crippen LogP contribution in [-0.4, -0.2) is 39.7 Å². The minimum atomic E-state index is -3.31. The Bertz CT molecular complexity index is 785. The summed E-state index contributed by atoms with van der Waals surface area (Å²) in [5, 5.41) is 9.74. The normalized spacial score (nSPS) is 24.4. The molecule has 1 aromatic heterocycles. The van der Waals surface area contributed by atoms with E-state index in [0.29, 0.717) is 11.4 Å². The van der Waals surface area contributed by atoms with E-state index >= 15 is 0 Å². The Balaban J connectivity index is 1.92. The van der Waals surface area contributed by atoms with Crippen LogP contribution in [0.3, 0.4) is 0 Å². The van der Waals surface area contributed by atoms with Gasteiger partial charge in [0.2, 0.25) is 0 Å². The van der Waals surface area contributed by atoms with Crippen LogP contribution in [0.2, 0.25) is 0 Å². The lowest BCUT2D eigenvalue weighted by molar-refractivity contribution is -0.157. The van der Waals surface area contributed by atoms with Crippen LogP contribution in [0.5, 0.6) is 0 Å². The quantitative estimate of drug-likeness (QED) is 0.828. The summed E-state index contributed by atoms with van der Waals surface area (Å²) in [7, 11) is 0. The molecule has 0 saturated heterocycles. The summed E-state index contributed by atoms with van der Waals surface area (Å²) < 4.78 is 33.1. The van der Waals surface area contributed by atoms with Gasteiger partial charge in [-0.1, -0.05) is 18.2 Å². The Hall–Kier alpha value is -2.41. The van der Waals surface area contributed by atoms with E-state index in [1.165, 1.54) is 0 Å². The van der Waals surface area contributed by atoms with Crippen LogP contribution in [0.4, 0.5) is 8.78 Å². The summed E-state index contributed by atoms with van der Waals surface area (Å²) >= 11 is 0. The molecular formula is C19H20F2N2O3. The predicted octanol–water partition coefficient (Wildman–Crippen LogP) is 3.03. The van der Waals surface area contributed by atoms with Crippen LogP contribution < -0.4 is 0 Å². The van der Waals surface area contributed by atoms with Crippen LogP contribution in [0.1, 0.15) is 25.3 Å². The number of rotatable bonds is 5. The maximum Gasteiger partial charge on any atom is 0.312 e. The van der Waals surface area contributed by atoms with Crippen molar-refractivity contribution in [3.8, 4) is 11.4 Å². The first kappa shape index (κ1) is 18.4. The number of carbonyl (C=O) groups excluding carboxylic acids is 1. The molecule has 1 aliphatic carbocycles. The van der Waals surface area contributed by atoms with Gasteiger partial charge in [-0.25, -0.2) is 18.7 Å². The highest BCUT2D eigenvalue weighted by Crippen LogP contribution is 2.50. The van der Waals surface area contributed by atoms with Gasteiger partial charge in [0.05, 0.1) is 12.0 Å². The smallest absolute Gasteiger partial charge is 0.312 e. The topological polar surface area (TPSA) is 72.3 Å². The van der Waals surface area contributed by atoms with Crippen molar-refractivity contribution in [2.45, 2.75) is 38.2 Å². The van der Waals surface area contributed by atoms with Gasteiger partial charge in [0.15, 0.2) is 5.82 Å². The molecule has 0 bridgehead atoms. The molecule has 0 unspecified atom stereocenters. The number of ether oxygens (including phenoxy) is 1. The summed E-state index contributed by atoms with van der Waals surface area (Å²) in [6.45, 7) is 1.72. The van der Waals surface area contributed by atoms with E-state index in [-0.39, 0.29) is 19.4 Å². The van der Waals surface area contributed by atoms with E-state index in [0.717, 1.165) is 5.56 Å². The fraction of sp³-hybridized carbons (Fsp3) is 0.421. The van der Waals surface area contributed by atoms with Gasteiger partial charge in [-0.05, 0) is 37.5 Å². The molecule has 1 fully saturated rings. The molecule has 1 N–H and O–H groups in total. The van der Waals surface area contributed by atoms with Gasteiger partial charge in [-0.3, -0.25) is 4.79 Å². The van der Waals surface area contributed by atoms with Crippen molar-refractivity contribution in [2.75, 3.05) is 6.61 Å². The van der Waals surface area contributed by atoms with E-state index in [1.807, 2.05) is 6.07 Å². The molecule has 138 valence electrons. The maximum absolute atomic E-state index is 14.0. The molecular weight excluding hydrogens is 342 g/mol. The lowest BCUT2D eigenvalue weighted by Gasteiger charge is -2.26.